The maximum atomic E-state index is 6.38. The normalized spacial score (nSPS) is 14.8. The van der Waals surface area contributed by atoms with Crippen LogP contribution in [0.15, 0.2) is 34.8 Å². The average Bonchev–Trinajstić information content (AvgIpc) is 2.83. The Morgan fingerprint density at radius 1 is 1.10 bits per heavy atom. The Labute approximate surface area is 136 Å². The van der Waals surface area contributed by atoms with Gasteiger partial charge in [-0.2, -0.15) is 0 Å². The highest BCUT2D eigenvalue weighted by Crippen LogP contribution is 2.38. The zero-order valence-electron chi connectivity index (χ0n) is 10.5. The third kappa shape index (κ3) is 2.68. The standard InChI is InChI=1S/C15H12BrCl2NO/c16-10-3-8-1-2-20-15(8)13(6-10)14(19)9-4-11(17)7-12(18)5-9/h3-7,14H,1-2,19H2. The molecule has 0 radical (unpaired) electrons. The van der Waals surface area contributed by atoms with Gasteiger partial charge in [-0.1, -0.05) is 39.1 Å². The molecule has 0 spiro atoms. The second-order valence-electron chi connectivity index (χ2n) is 4.76. The van der Waals surface area contributed by atoms with Crippen LogP contribution in [0.5, 0.6) is 5.75 Å². The Morgan fingerprint density at radius 2 is 1.80 bits per heavy atom. The zero-order chi connectivity index (χ0) is 14.3. The van der Waals surface area contributed by atoms with Gasteiger partial charge in [0.1, 0.15) is 5.75 Å². The van der Waals surface area contributed by atoms with Crippen molar-refractivity contribution in [1.29, 1.82) is 0 Å². The Hall–Kier alpha value is -0.740. The van der Waals surface area contributed by atoms with Crippen LogP contribution in [0.3, 0.4) is 0 Å². The number of ether oxygens (including phenoxy) is 1. The molecule has 1 heterocycles. The van der Waals surface area contributed by atoms with E-state index in [2.05, 4.69) is 22.0 Å². The van der Waals surface area contributed by atoms with Gasteiger partial charge in [0.25, 0.3) is 0 Å². The molecule has 2 aromatic rings. The van der Waals surface area contributed by atoms with Crippen LogP contribution in [-0.2, 0) is 6.42 Å². The minimum atomic E-state index is -0.324. The summed E-state index contributed by atoms with van der Waals surface area (Å²) in [5, 5.41) is 1.16. The lowest BCUT2D eigenvalue weighted by atomic mass is 9.96. The molecule has 1 aliphatic heterocycles. The summed E-state index contributed by atoms with van der Waals surface area (Å²) >= 11 is 15.6. The third-order valence-corrected chi connectivity index (χ3v) is 4.25. The molecule has 104 valence electrons. The minimum Gasteiger partial charge on any atom is -0.493 e. The minimum absolute atomic E-state index is 0.324. The van der Waals surface area contributed by atoms with Crippen molar-refractivity contribution < 1.29 is 4.74 Å². The van der Waals surface area contributed by atoms with Crippen molar-refractivity contribution in [1.82, 2.24) is 0 Å². The van der Waals surface area contributed by atoms with E-state index in [4.69, 9.17) is 33.7 Å². The Kier molecular flexibility index (Phi) is 3.95. The van der Waals surface area contributed by atoms with Gasteiger partial charge in [0, 0.05) is 26.5 Å². The van der Waals surface area contributed by atoms with Crippen LogP contribution in [0, 0.1) is 0 Å². The molecule has 3 rings (SSSR count). The Balaban J connectivity index is 2.08. The van der Waals surface area contributed by atoms with Gasteiger partial charge in [-0.15, -0.1) is 0 Å². The average molecular weight is 373 g/mol. The second kappa shape index (κ2) is 5.57. The maximum absolute atomic E-state index is 6.38. The largest absolute Gasteiger partial charge is 0.493 e. The van der Waals surface area contributed by atoms with E-state index in [0.29, 0.717) is 16.7 Å². The predicted molar refractivity (Wildman–Crippen MR) is 85.8 cm³/mol. The Morgan fingerprint density at radius 3 is 2.50 bits per heavy atom. The molecule has 1 aliphatic rings. The summed E-state index contributed by atoms with van der Waals surface area (Å²) in [7, 11) is 0. The molecule has 0 saturated heterocycles. The number of hydrogen-bond acceptors (Lipinski definition) is 2. The fraction of sp³-hybridized carbons (Fsp3) is 0.200. The molecule has 2 aromatic carbocycles. The van der Waals surface area contributed by atoms with Crippen LogP contribution in [-0.4, -0.2) is 6.61 Å². The fourth-order valence-corrected chi connectivity index (χ4v) is 3.53. The van der Waals surface area contributed by atoms with Gasteiger partial charge in [-0.05, 0) is 41.5 Å². The number of benzene rings is 2. The molecule has 0 aromatic heterocycles. The lowest BCUT2D eigenvalue weighted by Gasteiger charge is -2.17. The van der Waals surface area contributed by atoms with Crippen molar-refractivity contribution in [2.45, 2.75) is 12.5 Å². The second-order valence-corrected chi connectivity index (χ2v) is 6.55. The first-order valence-corrected chi connectivity index (χ1v) is 7.76. The van der Waals surface area contributed by atoms with E-state index >= 15 is 0 Å². The van der Waals surface area contributed by atoms with Crippen molar-refractivity contribution in [3.05, 3.63) is 61.5 Å². The molecule has 1 unspecified atom stereocenters. The summed E-state index contributed by atoms with van der Waals surface area (Å²) in [6, 6.07) is 9.10. The van der Waals surface area contributed by atoms with Gasteiger partial charge in [-0.3, -0.25) is 0 Å². The summed E-state index contributed by atoms with van der Waals surface area (Å²) < 4.78 is 6.72. The summed E-state index contributed by atoms with van der Waals surface area (Å²) in [6.07, 6.45) is 0.908. The maximum Gasteiger partial charge on any atom is 0.127 e. The molecule has 2 N–H and O–H groups in total. The van der Waals surface area contributed by atoms with Gasteiger partial charge in [0.2, 0.25) is 0 Å². The topological polar surface area (TPSA) is 35.2 Å². The monoisotopic (exact) mass is 371 g/mol. The molecule has 0 fully saturated rings. The Bertz CT molecular complexity index is 655. The quantitative estimate of drug-likeness (QED) is 0.826. The molecular weight excluding hydrogens is 361 g/mol. The molecule has 5 heteroatoms. The number of nitrogens with two attached hydrogens (primary N) is 1. The van der Waals surface area contributed by atoms with Crippen LogP contribution in [0.1, 0.15) is 22.7 Å². The molecule has 0 amide bonds. The number of hydrogen-bond donors (Lipinski definition) is 1. The highest BCUT2D eigenvalue weighted by atomic mass is 79.9. The summed E-state index contributed by atoms with van der Waals surface area (Å²) in [4.78, 5) is 0. The zero-order valence-corrected chi connectivity index (χ0v) is 13.6. The van der Waals surface area contributed by atoms with Crippen molar-refractivity contribution >= 4 is 39.1 Å². The number of rotatable bonds is 2. The first-order chi connectivity index (χ1) is 9.54. The third-order valence-electron chi connectivity index (χ3n) is 3.36. The highest BCUT2D eigenvalue weighted by molar-refractivity contribution is 9.10. The van der Waals surface area contributed by atoms with Crippen molar-refractivity contribution in [2.75, 3.05) is 6.61 Å². The van der Waals surface area contributed by atoms with Crippen LogP contribution < -0.4 is 10.5 Å². The summed E-state index contributed by atoms with van der Waals surface area (Å²) in [5.41, 5.74) is 9.38. The van der Waals surface area contributed by atoms with E-state index in [-0.39, 0.29) is 6.04 Å². The van der Waals surface area contributed by atoms with Gasteiger partial charge >= 0.3 is 0 Å². The molecule has 20 heavy (non-hydrogen) atoms. The summed E-state index contributed by atoms with van der Waals surface area (Å²) in [5.74, 6) is 0.886. The molecule has 1 atom stereocenters. The van der Waals surface area contributed by atoms with Crippen LogP contribution in [0.2, 0.25) is 10.0 Å². The SMILES string of the molecule is NC(c1cc(Cl)cc(Cl)c1)c1cc(Br)cc2c1OCC2. The first kappa shape index (κ1) is 14.2. The smallest absolute Gasteiger partial charge is 0.127 e. The van der Waals surface area contributed by atoms with Gasteiger partial charge in [0.05, 0.1) is 12.6 Å². The van der Waals surface area contributed by atoms with E-state index in [1.165, 1.54) is 5.56 Å². The van der Waals surface area contributed by atoms with Gasteiger partial charge < -0.3 is 10.5 Å². The van der Waals surface area contributed by atoms with E-state index < -0.39 is 0 Å². The lowest BCUT2D eigenvalue weighted by Crippen LogP contribution is -2.13. The highest BCUT2D eigenvalue weighted by Gasteiger charge is 2.22. The van der Waals surface area contributed by atoms with E-state index in [1.54, 1.807) is 6.07 Å². The molecular formula is C15H12BrCl2NO. The van der Waals surface area contributed by atoms with Gasteiger partial charge in [-0.25, -0.2) is 0 Å². The number of halogens is 3. The molecule has 0 bridgehead atoms. The van der Waals surface area contributed by atoms with E-state index in [9.17, 15) is 0 Å². The van der Waals surface area contributed by atoms with E-state index in [1.807, 2.05) is 18.2 Å². The molecule has 0 saturated carbocycles. The predicted octanol–water partition coefficient (Wildman–Crippen LogP) is 4.74. The van der Waals surface area contributed by atoms with Crippen molar-refractivity contribution in [3.63, 3.8) is 0 Å². The molecule has 2 nitrogen and oxygen atoms in total. The summed E-state index contributed by atoms with van der Waals surface area (Å²) in [6.45, 7) is 0.696. The fourth-order valence-electron chi connectivity index (χ4n) is 2.46. The molecule has 0 aliphatic carbocycles. The van der Waals surface area contributed by atoms with Crippen LogP contribution in [0.25, 0.3) is 0 Å². The number of fused-ring (bicyclic) bond motifs is 1. The van der Waals surface area contributed by atoms with Crippen molar-refractivity contribution in [3.8, 4) is 5.75 Å². The van der Waals surface area contributed by atoms with Crippen molar-refractivity contribution in [2.24, 2.45) is 5.73 Å². The van der Waals surface area contributed by atoms with Gasteiger partial charge in [0.15, 0.2) is 0 Å². The van der Waals surface area contributed by atoms with E-state index in [0.717, 1.165) is 27.8 Å². The van der Waals surface area contributed by atoms with Crippen LogP contribution in [0.4, 0.5) is 0 Å². The van der Waals surface area contributed by atoms with Crippen LogP contribution >= 0.6 is 39.1 Å². The first-order valence-electron chi connectivity index (χ1n) is 6.21. The lowest BCUT2D eigenvalue weighted by molar-refractivity contribution is 0.352.